The Bertz CT molecular complexity index is 651. The van der Waals surface area contributed by atoms with Crippen LogP contribution in [0.1, 0.15) is 35.8 Å². The van der Waals surface area contributed by atoms with Crippen LogP contribution in [0.15, 0.2) is 41.0 Å². The molecule has 1 aliphatic carbocycles. The van der Waals surface area contributed by atoms with Crippen molar-refractivity contribution < 1.29 is 13.9 Å². The number of carbonyl (C=O) groups is 1. The van der Waals surface area contributed by atoms with Crippen molar-refractivity contribution in [3.05, 3.63) is 53.5 Å². The smallest absolute Gasteiger partial charge is 0.261 e. The van der Waals surface area contributed by atoms with Crippen molar-refractivity contribution in [1.82, 2.24) is 5.32 Å². The Morgan fingerprint density at radius 3 is 3.05 bits per heavy atom. The standard InChI is InChI=1S/C17H17NO3/c19-17(16-10-11-4-1-2-6-14(11)21-16)18-13-5-3-7-15-12(13)8-9-20-15/h1-2,4,6,8-9,13,16H,3,5,7,10H2,(H,18,19)/t13-,16+/m1/s1. The zero-order chi connectivity index (χ0) is 14.2. The lowest BCUT2D eigenvalue weighted by atomic mass is 9.93. The summed E-state index contributed by atoms with van der Waals surface area (Å²) in [5.74, 6) is 1.79. The highest BCUT2D eigenvalue weighted by atomic mass is 16.5. The van der Waals surface area contributed by atoms with Crippen LogP contribution in [0.2, 0.25) is 0 Å². The summed E-state index contributed by atoms with van der Waals surface area (Å²) in [5.41, 5.74) is 2.22. The molecule has 0 bridgehead atoms. The van der Waals surface area contributed by atoms with E-state index in [-0.39, 0.29) is 11.9 Å². The van der Waals surface area contributed by atoms with Gasteiger partial charge in [-0.05, 0) is 30.5 Å². The summed E-state index contributed by atoms with van der Waals surface area (Å²) in [6.07, 6.45) is 4.89. The van der Waals surface area contributed by atoms with Gasteiger partial charge < -0.3 is 14.5 Å². The summed E-state index contributed by atoms with van der Waals surface area (Å²) in [4.78, 5) is 12.4. The molecule has 0 unspecified atom stereocenters. The van der Waals surface area contributed by atoms with E-state index in [0.717, 1.165) is 41.9 Å². The van der Waals surface area contributed by atoms with E-state index < -0.39 is 6.10 Å². The summed E-state index contributed by atoms with van der Waals surface area (Å²) >= 11 is 0. The number of benzene rings is 1. The zero-order valence-electron chi connectivity index (χ0n) is 11.7. The van der Waals surface area contributed by atoms with E-state index >= 15 is 0 Å². The van der Waals surface area contributed by atoms with Gasteiger partial charge in [0.25, 0.3) is 5.91 Å². The lowest BCUT2D eigenvalue weighted by Crippen LogP contribution is -2.40. The SMILES string of the molecule is O=C(N[C@@H]1CCCc2occc21)[C@@H]1Cc2ccccc2O1. The third kappa shape index (κ3) is 2.20. The number of furan rings is 1. The average molecular weight is 283 g/mol. The largest absolute Gasteiger partial charge is 0.480 e. The van der Waals surface area contributed by atoms with Crippen LogP contribution in [0.25, 0.3) is 0 Å². The van der Waals surface area contributed by atoms with E-state index in [1.165, 1.54) is 0 Å². The molecule has 2 heterocycles. The van der Waals surface area contributed by atoms with E-state index in [2.05, 4.69) is 5.32 Å². The van der Waals surface area contributed by atoms with Gasteiger partial charge in [0.05, 0.1) is 12.3 Å². The molecule has 2 atom stereocenters. The van der Waals surface area contributed by atoms with Gasteiger partial charge in [0.1, 0.15) is 11.5 Å². The van der Waals surface area contributed by atoms with E-state index in [4.69, 9.17) is 9.15 Å². The molecular weight excluding hydrogens is 266 g/mol. The second-order valence-electron chi connectivity index (χ2n) is 5.67. The topological polar surface area (TPSA) is 51.5 Å². The van der Waals surface area contributed by atoms with Gasteiger partial charge in [-0.2, -0.15) is 0 Å². The highest BCUT2D eigenvalue weighted by molar-refractivity contribution is 5.83. The monoisotopic (exact) mass is 283 g/mol. The van der Waals surface area contributed by atoms with Gasteiger partial charge in [0.15, 0.2) is 6.10 Å². The molecular formula is C17H17NO3. The first-order valence-corrected chi connectivity index (χ1v) is 7.42. The number of amides is 1. The quantitative estimate of drug-likeness (QED) is 0.922. The lowest BCUT2D eigenvalue weighted by molar-refractivity contribution is -0.128. The fourth-order valence-corrected chi connectivity index (χ4v) is 3.23. The van der Waals surface area contributed by atoms with Crippen LogP contribution in [-0.4, -0.2) is 12.0 Å². The minimum absolute atomic E-state index is 0.0368. The number of para-hydroxylation sites is 1. The number of aryl methyl sites for hydroxylation is 1. The summed E-state index contributed by atoms with van der Waals surface area (Å²) in [5, 5.41) is 3.11. The summed E-state index contributed by atoms with van der Waals surface area (Å²) in [6, 6.07) is 9.84. The molecule has 0 saturated carbocycles. The molecule has 0 fully saturated rings. The predicted octanol–water partition coefficient (Wildman–Crippen LogP) is 2.78. The number of hydrogen-bond donors (Lipinski definition) is 1. The Balaban J connectivity index is 1.47. The van der Waals surface area contributed by atoms with E-state index in [1.807, 2.05) is 30.3 Å². The molecule has 1 N–H and O–H groups in total. The maximum absolute atomic E-state index is 12.4. The van der Waals surface area contributed by atoms with Gasteiger partial charge in [-0.15, -0.1) is 0 Å². The molecule has 21 heavy (non-hydrogen) atoms. The molecule has 1 aromatic heterocycles. The van der Waals surface area contributed by atoms with Crippen LogP contribution in [0.3, 0.4) is 0 Å². The molecule has 0 spiro atoms. The summed E-state index contributed by atoms with van der Waals surface area (Å²) < 4.78 is 11.2. The molecule has 1 aromatic carbocycles. The third-order valence-electron chi connectivity index (χ3n) is 4.31. The van der Waals surface area contributed by atoms with Crippen molar-refractivity contribution in [2.45, 2.75) is 37.8 Å². The molecule has 0 saturated heterocycles. The molecule has 108 valence electrons. The highest BCUT2D eigenvalue weighted by Crippen LogP contribution is 2.32. The number of rotatable bonds is 2. The molecule has 4 heteroatoms. The van der Waals surface area contributed by atoms with Crippen LogP contribution in [0, 0.1) is 0 Å². The Hall–Kier alpha value is -2.23. The number of nitrogens with one attached hydrogen (secondary N) is 1. The van der Waals surface area contributed by atoms with Gasteiger partial charge in [-0.1, -0.05) is 18.2 Å². The molecule has 4 rings (SSSR count). The number of fused-ring (bicyclic) bond motifs is 2. The average Bonchev–Trinajstić information content (AvgIpc) is 3.14. The van der Waals surface area contributed by atoms with Crippen molar-refractivity contribution in [2.75, 3.05) is 0 Å². The Kier molecular flexibility index (Phi) is 2.95. The van der Waals surface area contributed by atoms with Gasteiger partial charge in [-0.25, -0.2) is 0 Å². The van der Waals surface area contributed by atoms with Crippen molar-refractivity contribution >= 4 is 5.91 Å². The normalized spacial score (nSPS) is 23.0. The second-order valence-corrected chi connectivity index (χ2v) is 5.67. The van der Waals surface area contributed by atoms with Crippen LogP contribution in [-0.2, 0) is 17.6 Å². The minimum atomic E-state index is -0.417. The summed E-state index contributed by atoms with van der Waals surface area (Å²) in [7, 11) is 0. The second kappa shape index (κ2) is 4.95. The van der Waals surface area contributed by atoms with Crippen LogP contribution in [0.5, 0.6) is 5.75 Å². The van der Waals surface area contributed by atoms with Crippen LogP contribution >= 0.6 is 0 Å². The summed E-state index contributed by atoms with van der Waals surface area (Å²) in [6.45, 7) is 0. The highest BCUT2D eigenvalue weighted by Gasteiger charge is 2.32. The van der Waals surface area contributed by atoms with Gasteiger partial charge in [-0.3, -0.25) is 4.79 Å². The Morgan fingerprint density at radius 1 is 1.24 bits per heavy atom. The predicted molar refractivity (Wildman–Crippen MR) is 77.1 cm³/mol. The number of ether oxygens (including phenoxy) is 1. The van der Waals surface area contributed by atoms with Gasteiger partial charge in [0.2, 0.25) is 0 Å². The molecule has 2 aliphatic rings. The first-order chi connectivity index (χ1) is 10.3. The van der Waals surface area contributed by atoms with Gasteiger partial charge in [0, 0.05) is 18.4 Å². The number of hydrogen-bond acceptors (Lipinski definition) is 3. The van der Waals surface area contributed by atoms with Crippen molar-refractivity contribution in [3.8, 4) is 5.75 Å². The molecule has 2 aromatic rings. The van der Waals surface area contributed by atoms with Crippen molar-refractivity contribution in [3.63, 3.8) is 0 Å². The van der Waals surface area contributed by atoms with E-state index in [0.29, 0.717) is 6.42 Å². The van der Waals surface area contributed by atoms with E-state index in [1.54, 1.807) is 6.26 Å². The minimum Gasteiger partial charge on any atom is -0.480 e. The van der Waals surface area contributed by atoms with Crippen LogP contribution < -0.4 is 10.1 Å². The maximum atomic E-state index is 12.4. The third-order valence-corrected chi connectivity index (χ3v) is 4.31. The van der Waals surface area contributed by atoms with E-state index in [9.17, 15) is 4.79 Å². The Labute approximate surface area is 123 Å². The fraction of sp³-hybridized carbons (Fsp3) is 0.353. The molecule has 0 radical (unpaired) electrons. The maximum Gasteiger partial charge on any atom is 0.261 e. The number of carbonyl (C=O) groups excluding carboxylic acids is 1. The van der Waals surface area contributed by atoms with Crippen molar-refractivity contribution in [2.24, 2.45) is 0 Å². The zero-order valence-corrected chi connectivity index (χ0v) is 11.7. The molecule has 1 amide bonds. The van der Waals surface area contributed by atoms with Crippen molar-refractivity contribution in [1.29, 1.82) is 0 Å². The van der Waals surface area contributed by atoms with Crippen LogP contribution in [0.4, 0.5) is 0 Å². The fourth-order valence-electron chi connectivity index (χ4n) is 3.23. The molecule has 1 aliphatic heterocycles. The first-order valence-electron chi connectivity index (χ1n) is 7.42. The molecule has 4 nitrogen and oxygen atoms in total. The lowest BCUT2D eigenvalue weighted by Gasteiger charge is -2.24. The first kappa shape index (κ1) is 12.5. The van der Waals surface area contributed by atoms with Gasteiger partial charge >= 0.3 is 0 Å². The Morgan fingerprint density at radius 2 is 2.14 bits per heavy atom.